The van der Waals surface area contributed by atoms with Gasteiger partial charge in [0.05, 0.1) is 12.5 Å². The van der Waals surface area contributed by atoms with Crippen molar-refractivity contribution in [3.63, 3.8) is 0 Å². The molecule has 1 aliphatic carbocycles. The first-order valence-corrected chi connectivity index (χ1v) is 9.41. The number of benzene rings is 1. The number of carbonyl (C=O) groups excluding carboxylic acids is 1. The van der Waals surface area contributed by atoms with E-state index in [1.807, 2.05) is 24.3 Å². The SMILES string of the molecule is COc1ccc(CN(C(=O)c2ccc3c(=O)n(C)c(=O)n(C)c3n2)C2CC2)cc1. The maximum atomic E-state index is 13.2. The first-order chi connectivity index (χ1) is 13.9. The van der Waals surface area contributed by atoms with Gasteiger partial charge in [-0.3, -0.25) is 18.7 Å². The van der Waals surface area contributed by atoms with E-state index in [0.29, 0.717) is 11.9 Å². The van der Waals surface area contributed by atoms with Crippen LogP contribution < -0.4 is 16.0 Å². The molecule has 1 fully saturated rings. The maximum absolute atomic E-state index is 13.2. The number of hydrogen-bond donors (Lipinski definition) is 0. The Morgan fingerprint density at radius 3 is 2.41 bits per heavy atom. The smallest absolute Gasteiger partial charge is 0.332 e. The van der Waals surface area contributed by atoms with Crippen molar-refractivity contribution in [2.24, 2.45) is 14.1 Å². The van der Waals surface area contributed by atoms with Gasteiger partial charge < -0.3 is 9.64 Å². The van der Waals surface area contributed by atoms with Gasteiger partial charge in [0, 0.05) is 26.7 Å². The summed E-state index contributed by atoms with van der Waals surface area (Å²) in [5.74, 6) is 0.551. The minimum absolute atomic E-state index is 0.176. The zero-order valence-corrected chi connectivity index (χ0v) is 16.6. The van der Waals surface area contributed by atoms with Crippen LogP contribution in [0.15, 0.2) is 46.0 Å². The molecular weight excluding hydrogens is 372 g/mol. The number of nitrogens with zero attached hydrogens (tertiary/aromatic N) is 4. The molecule has 0 unspecified atom stereocenters. The first kappa shape index (κ1) is 18.9. The van der Waals surface area contributed by atoms with Crippen LogP contribution in [-0.2, 0) is 20.6 Å². The molecule has 1 aromatic carbocycles. The van der Waals surface area contributed by atoms with Gasteiger partial charge in [0.1, 0.15) is 17.1 Å². The number of ether oxygens (including phenoxy) is 1. The van der Waals surface area contributed by atoms with Gasteiger partial charge in [0.2, 0.25) is 0 Å². The summed E-state index contributed by atoms with van der Waals surface area (Å²) >= 11 is 0. The number of aromatic nitrogens is 3. The topological polar surface area (TPSA) is 86.4 Å². The summed E-state index contributed by atoms with van der Waals surface area (Å²) < 4.78 is 7.51. The van der Waals surface area contributed by atoms with E-state index in [1.165, 1.54) is 11.6 Å². The number of aryl methyl sites for hydroxylation is 1. The van der Waals surface area contributed by atoms with E-state index in [-0.39, 0.29) is 23.3 Å². The standard InChI is InChI=1S/C21H22N4O4/c1-23-18-16(19(26)24(2)21(23)28)10-11-17(22-18)20(27)25(14-6-7-14)12-13-4-8-15(29-3)9-5-13/h4-5,8-11,14H,6-7,12H2,1-3H3. The molecule has 8 heteroatoms. The summed E-state index contributed by atoms with van der Waals surface area (Å²) in [5.41, 5.74) is 0.530. The quantitative estimate of drug-likeness (QED) is 0.654. The number of pyridine rings is 1. The van der Waals surface area contributed by atoms with Gasteiger partial charge in [-0.2, -0.15) is 0 Å². The second-order valence-electron chi connectivity index (χ2n) is 7.29. The molecule has 0 bridgehead atoms. The van der Waals surface area contributed by atoms with Crippen molar-refractivity contribution in [1.82, 2.24) is 19.0 Å². The minimum Gasteiger partial charge on any atom is -0.497 e. The molecule has 29 heavy (non-hydrogen) atoms. The lowest BCUT2D eigenvalue weighted by atomic mass is 10.2. The van der Waals surface area contributed by atoms with Crippen LogP contribution in [0.25, 0.3) is 11.0 Å². The van der Waals surface area contributed by atoms with Gasteiger partial charge in [0.25, 0.3) is 11.5 Å². The molecule has 2 aromatic heterocycles. The molecule has 0 aliphatic heterocycles. The average molecular weight is 394 g/mol. The van der Waals surface area contributed by atoms with Crippen molar-refractivity contribution in [3.8, 4) is 5.75 Å². The van der Waals surface area contributed by atoms with Crippen LogP contribution in [-0.4, -0.2) is 38.1 Å². The van der Waals surface area contributed by atoms with Crippen LogP contribution in [0.1, 0.15) is 28.9 Å². The third-order valence-corrected chi connectivity index (χ3v) is 5.28. The van der Waals surface area contributed by atoms with E-state index in [0.717, 1.165) is 28.7 Å². The number of fused-ring (bicyclic) bond motifs is 1. The molecule has 0 N–H and O–H groups in total. The van der Waals surface area contributed by atoms with Gasteiger partial charge in [-0.25, -0.2) is 9.78 Å². The molecule has 0 saturated heterocycles. The third kappa shape index (κ3) is 3.41. The molecule has 0 spiro atoms. The van der Waals surface area contributed by atoms with Crippen LogP contribution in [0, 0.1) is 0 Å². The first-order valence-electron chi connectivity index (χ1n) is 9.41. The lowest BCUT2D eigenvalue weighted by Crippen LogP contribution is -2.38. The molecule has 8 nitrogen and oxygen atoms in total. The zero-order chi connectivity index (χ0) is 20.7. The molecule has 1 saturated carbocycles. The second-order valence-corrected chi connectivity index (χ2v) is 7.29. The van der Waals surface area contributed by atoms with E-state index in [1.54, 1.807) is 31.2 Å². The third-order valence-electron chi connectivity index (χ3n) is 5.28. The van der Waals surface area contributed by atoms with Crippen molar-refractivity contribution in [1.29, 1.82) is 0 Å². The molecule has 0 radical (unpaired) electrons. The van der Waals surface area contributed by atoms with Gasteiger partial charge in [0.15, 0.2) is 0 Å². The number of amides is 1. The normalized spacial score (nSPS) is 13.5. The number of rotatable bonds is 5. The Hall–Kier alpha value is -3.42. The van der Waals surface area contributed by atoms with Crippen LogP contribution in [0.4, 0.5) is 0 Å². The predicted molar refractivity (Wildman–Crippen MR) is 108 cm³/mol. The largest absolute Gasteiger partial charge is 0.497 e. The Balaban J connectivity index is 1.70. The summed E-state index contributed by atoms with van der Waals surface area (Å²) in [6, 6.07) is 10.9. The molecule has 1 amide bonds. The highest BCUT2D eigenvalue weighted by Gasteiger charge is 2.33. The van der Waals surface area contributed by atoms with E-state index < -0.39 is 11.2 Å². The van der Waals surface area contributed by atoms with Crippen molar-refractivity contribution < 1.29 is 9.53 Å². The van der Waals surface area contributed by atoms with Crippen molar-refractivity contribution in [2.75, 3.05) is 7.11 Å². The summed E-state index contributed by atoms with van der Waals surface area (Å²) in [4.78, 5) is 43.9. The second kappa shape index (κ2) is 7.20. The van der Waals surface area contributed by atoms with E-state index in [9.17, 15) is 14.4 Å². The van der Waals surface area contributed by atoms with Crippen molar-refractivity contribution in [2.45, 2.75) is 25.4 Å². The van der Waals surface area contributed by atoms with Crippen molar-refractivity contribution >= 4 is 16.9 Å². The van der Waals surface area contributed by atoms with Crippen molar-refractivity contribution in [3.05, 3.63) is 68.5 Å². The minimum atomic E-state index is -0.475. The maximum Gasteiger partial charge on any atom is 0.332 e. The summed E-state index contributed by atoms with van der Waals surface area (Å²) in [6.07, 6.45) is 1.91. The van der Waals surface area contributed by atoms with Crippen LogP contribution in [0.5, 0.6) is 5.75 Å². The Morgan fingerprint density at radius 1 is 1.10 bits per heavy atom. The fraction of sp³-hybridized carbons (Fsp3) is 0.333. The highest BCUT2D eigenvalue weighted by atomic mass is 16.5. The van der Waals surface area contributed by atoms with Crippen LogP contribution in [0.2, 0.25) is 0 Å². The Kier molecular flexibility index (Phi) is 4.70. The van der Waals surface area contributed by atoms with Crippen LogP contribution >= 0.6 is 0 Å². The molecule has 0 atom stereocenters. The van der Waals surface area contributed by atoms with Gasteiger partial charge in [-0.05, 0) is 42.7 Å². The van der Waals surface area contributed by atoms with Gasteiger partial charge >= 0.3 is 5.69 Å². The molecule has 1 aliphatic rings. The van der Waals surface area contributed by atoms with E-state index >= 15 is 0 Å². The van der Waals surface area contributed by atoms with E-state index in [2.05, 4.69) is 4.98 Å². The Morgan fingerprint density at radius 2 is 1.79 bits per heavy atom. The monoisotopic (exact) mass is 394 g/mol. The Labute approximate surface area is 167 Å². The highest BCUT2D eigenvalue weighted by molar-refractivity contribution is 5.94. The Bertz CT molecular complexity index is 1210. The summed E-state index contributed by atoms with van der Waals surface area (Å²) in [7, 11) is 4.58. The molecule has 2 heterocycles. The lowest BCUT2D eigenvalue weighted by molar-refractivity contribution is 0.0724. The highest BCUT2D eigenvalue weighted by Crippen LogP contribution is 2.30. The summed E-state index contributed by atoms with van der Waals surface area (Å²) in [5, 5.41) is 0.305. The number of hydrogen-bond acceptors (Lipinski definition) is 5. The fourth-order valence-corrected chi connectivity index (χ4v) is 3.40. The molecule has 4 rings (SSSR count). The molecular formula is C21H22N4O4. The van der Waals surface area contributed by atoms with Gasteiger partial charge in [-0.1, -0.05) is 12.1 Å². The number of carbonyl (C=O) groups is 1. The molecule has 150 valence electrons. The number of methoxy groups -OCH3 is 1. The molecule has 3 aromatic rings. The zero-order valence-electron chi connectivity index (χ0n) is 16.6. The fourth-order valence-electron chi connectivity index (χ4n) is 3.40. The van der Waals surface area contributed by atoms with Crippen LogP contribution in [0.3, 0.4) is 0 Å². The van der Waals surface area contributed by atoms with E-state index in [4.69, 9.17) is 4.74 Å². The predicted octanol–water partition coefficient (Wildman–Crippen LogP) is 1.45. The average Bonchev–Trinajstić information content (AvgIpc) is 3.59. The van der Waals surface area contributed by atoms with Gasteiger partial charge in [-0.15, -0.1) is 0 Å². The summed E-state index contributed by atoms with van der Waals surface area (Å²) in [6.45, 7) is 0.461. The lowest BCUT2D eigenvalue weighted by Gasteiger charge is -2.22.